The molecule has 0 aliphatic rings. The van der Waals surface area contributed by atoms with Crippen LogP contribution in [0.5, 0.6) is 0 Å². The SMILES string of the molecule is CCOC(=O)c1sc(Cc2ccc(C(F)(F)F)cc2)nc1C. The Morgan fingerprint density at radius 2 is 1.91 bits per heavy atom. The van der Waals surface area contributed by atoms with Crippen molar-refractivity contribution in [1.82, 2.24) is 4.98 Å². The molecule has 1 aromatic heterocycles. The minimum Gasteiger partial charge on any atom is -0.462 e. The molecule has 7 heteroatoms. The zero-order valence-corrected chi connectivity index (χ0v) is 12.8. The normalized spacial score (nSPS) is 11.5. The molecule has 118 valence electrons. The monoisotopic (exact) mass is 329 g/mol. The van der Waals surface area contributed by atoms with E-state index in [1.807, 2.05) is 0 Å². The summed E-state index contributed by atoms with van der Waals surface area (Å²) in [7, 11) is 0. The Bertz CT molecular complexity index is 662. The largest absolute Gasteiger partial charge is 0.462 e. The van der Waals surface area contributed by atoms with Crippen molar-refractivity contribution in [3.8, 4) is 0 Å². The summed E-state index contributed by atoms with van der Waals surface area (Å²) in [6.45, 7) is 3.71. The lowest BCUT2D eigenvalue weighted by molar-refractivity contribution is -0.137. The number of ether oxygens (including phenoxy) is 1. The molecule has 0 fully saturated rings. The van der Waals surface area contributed by atoms with Crippen molar-refractivity contribution >= 4 is 17.3 Å². The molecule has 2 aromatic rings. The highest BCUT2D eigenvalue weighted by molar-refractivity contribution is 7.13. The number of esters is 1. The van der Waals surface area contributed by atoms with Crippen LogP contribution in [0.4, 0.5) is 13.2 Å². The molecule has 0 unspecified atom stereocenters. The summed E-state index contributed by atoms with van der Waals surface area (Å²) in [5.41, 5.74) is 0.598. The number of nitrogens with zero attached hydrogens (tertiary/aromatic N) is 1. The highest BCUT2D eigenvalue weighted by Crippen LogP contribution is 2.29. The van der Waals surface area contributed by atoms with E-state index in [1.165, 1.54) is 23.5 Å². The molecule has 0 amide bonds. The third-order valence-electron chi connectivity index (χ3n) is 2.94. The van der Waals surface area contributed by atoms with Gasteiger partial charge in [0.1, 0.15) is 4.88 Å². The topological polar surface area (TPSA) is 39.2 Å². The van der Waals surface area contributed by atoms with Crippen molar-refractivity contribution in [2.75, 3.05) is 6.61 Å². The Hall–Kier alpha value is -1.89. The van der Waals surface area contributed by atoms with Gasteiger partial charge >= 0.3 is 12.1 Å². The van der Waals surface area contributed by atoms with E-state index in [0.29, 0.717) is 27.6 Å². The van der Waals surface area contributed by atoms with Crippen LogP contribution in [0.3, 0.4) is 0 Å². The van der Waals surface area contributed by atoms with Crippen molar-refractivity contribution in [2.24, 2.45) is 0 Å². The first-order valence-electron chi connectivity index (χ1n) is 6.60. The summed E-state index contributed by atoms with van der Waals surface area (Å²) in [6, 6.07) is 4.93. The summed E-state index contributed by atoms with van der Waals surface area (Å²) in [5, 5.41) is 0.667. The van der Waals surface area contributed by atoms with Crippen LogP contribution < -0.4 is 0 Å². The number of carbonyl (C=O) groups excluding carboxylic acids is 1. The van der Waals surface area contributed by atoms with E-state index >= 15 is 0 Å². The fraction of sp³-hybridized carbons (Fsp3) is 0.333. The number of benzene rings is 1. The first-order valence-corrected chi connectivity index (χ1v) is 7.42. The number of halogens is 3. The molecule has 0 bridgehead atoms. The number of carbonyl (C=O) groups is 1. The Balaban J connectivity index is 2.14. The molecule has 0 radical (unpaired) electrons. The van der Waals surface area contributed by atoms with Gasteiger partial charge in [-0.25, -0.2) is 9.78 Å². The molecule has 3 nitrogen and oxygen atoms in total. The van der Waals surface area contributed by atoms with E-state index < -0.39 is 17.7 Å². The first-order chi connectivity index (χ1) is 10.3. The van der Waals surface area contributed by atoms with Crippen LogP contribution in [0.25, 0.3) is 0 Å². The van der Waals surface area contributed by atoms with Crippen molar-refractivity contribution in [1.29, 1.82) is 0 Å². The second-order valence-electron chi connectivity index (χ2n) is 4.61. The lowest BCUT2D eigenvalue weighted by Gasteiger charge is -2.06. The predicted molar refractivity (Wildman–Crippen MR) is 77.1 cm³/mol. The Labute approximate surface area is 129 Å². The maximum atomic E-state index is 12.5. The van der Waals surface area contributed by atoms with Gasteiger partial charge in [0.05, 0.1) is 22.9 Å². The van der Waals surface area contributed by atoms with Crippen molar-refractivity contribution in [3.63, 3.8) is 0 Å². The second kappa shape index (κ2) is 6.48. The molecule has 1 heterocycles. The zero-order chi connectivity index (χ0) is 16.3. The lowest BCUT2D eigenvalue weighted by Crippen LogP contribution is -2.04. The van der Waals surface area contributed by atoms with E-state index in [0.717, 1.165) is 12.1 Å². The van der Waals surface area contributed by atoms with Crippen LogP contribution in [0.2, 0.25) is 0 Å². The number of aromatic nitrogens is 1. The van der Waals surface area contributed by atoms with Gasteiger partial charge in [-0.2, -0.15) is 13.2 Å². The number of hydrogen-bond acceptors (Lipinski definition) is 4. The quantitative estimate of drug-likeness (QED) is 0.788. The summed E-state index contributed by atoms with van der Waals surface area (Å²) >= 11 is 1.20. The molecule has 22 heavy (non-hydrogen) atoms. The average molecular weight is 329 g/mol. The maximum absolute atomic E-state index is 12.5. The van der Waals surface area contributed by atoms with Crippen LogP contribution in [-0.4, -0.2) is 17.6 Å². The molecule has 2 rings (SSSR count). The minimum atomic E-state index is -4.34. The van der Waals surface area contributed by atoms with Crippen LogP contribution in [0.15, 0.2) is 24.3 Å². The molecule has 0 N–H and O–H groups in total. The van der Waals surface area contributed by atoms with Crippen LogP contribution in [0, 0.1) is 6.92 Å². The number of thiazole rings is 1. The van der Waals surface area contributed by atoms with Gasteiger partial charge in [-0.05, 0) is 31.5 Å². The molecular formula is C15H14F3NO2S. The van der Waals surface area contributed by atoms with Gasteiger partial charge < -0.3 is 4.74 Å². The molecule has 1 aromatic carbocycles. The molecule has 0 saturated carbocycles. The van der Waals surface area contributed by atoms with Gasteiger partial charge in [0.2, 0.25) is 0 Å². The van der Waals surface area contributed by atoms with E-state index in [4.69, 9.17) is 4.74 Å². The summed E-state index contributed by atoms with van der Waals surface area (Å²) in [5.74, 6) is -0.420. The number of hydrogen-bond donors (Lipinski definition) is 0. The van der Waals surface area contributed by atoms with E-state index in [9.17, 15) is 18.0 Å². The Kier molecular flexibility index (Phi) is 4.85. The van der Waals surface area contributed by atoms with Crippen molar-refractivity contribution in [2.45, 2.75) is 26.4 Å². The molecule has 0 atom stereocenters. The predicted octanol–water partition coefficient (Wildman–Crippen LogP) is 4.24. The van der Waals surface area contributed by atoms with Crippen LogP contribution in [-0.2, 0) is 17.3 Å². The fourth-order valence-corrected chi connectivity index (χ4v) is 2.89. The fourth-order valence-electron chi connectivity index (χ4n) is 1.90. The van der Waals surface area contributed by atoms with Crippen molar-refractivity contribution in [3.05, 3.63) is 51.0 Å². The highest BCUT2D eigenvalue weighted by atomic mass is 32.1. The maximum Gasteiger partial charge on any atom is 0.416 e. The third kappa shape index (κ3) is 3.85. The molecule has 0 saturated heterocycles. The second-order valence-corrected chi connectivity index (χ2v) is 5.70. The standard InChI is InChI=1S/C15H14F3NO2S/c1-3-21-14(20)13-9(2)19-12(22-13)8-10-4-6-11(7-5-10)15(16,17)18/h4-7H,3,8H2,1-2H3. The lowest BCUT2D eigenvalue weighted by atomic mass is 10.1. The minimum absolute atomic E-state index is 0.282. The van der Waals surface area contributed by atoms with Crippen molar-refractivity contribution < 1.29 is 22.7 Å². The van der Waals surface area contributed by atoms with Gasteiger partial charge in [-0.15, -0.1) is 11.3 Å². The summed E-state index contributed by atoms with van der Waals surface area (Å²) in [6.07, 6.45) is -3.96. The summed E-state index contributed by atoms with van der Waals surface area (Å²) in [4.78, 5) is 16.4. The molecular weight excluding hydrogens is 315 g/mol. The Morgan fingerprint density at radius 1 is 1.27 bits per heavy atom. The van der Waals surface area contributed by atoms with Gasteiger partial charge in [0, 0.05) is 6.42 Å². The molecule has 0 spiro atoms. The highest BCUT2D eigenvalue weighted by Gasteiger charge is 2.29. The number of rotatable bonds is 4. The van der Waals surface area contributed by atoms with Gasteiger partial charge in [-0.3, -0.25) is 0 Å². The summed E-state index contributed by atoms with van der Waals surface area (Å²) < 4.78 is 42.4. The van der Waals surface area contributed by atoms with Gasteiger partial charge in [0.15, 0.2) is 0 Å². The molecule has 0 aliphatic heterocycles. The van der Waals surface area contributed by atoms with Crippen LogP contribution >= 0.6 is 11.3 Å². The van der Waals surface area contributed by atoms with Gasteiger partial charge in [0.25, 0.3) is 0 Å². The number of alkyl halides is 3. The zero-order valence-electron chi connectivity index (χ0n) is 12.0. The van der Waals surface area contributed by atoms with Crippen LogP contribution in [0.1, 0.15) is 38.4 Å². The Morgan fingerprint density at radius 3 is 2.45 bits per heavy atom. The first kappa shape index (κ1) is 16.5. The van der Waals surface area contributed by atoms with E-state index in [2.05, 4.69) is 4.98 Å². The smallest absolute Gasteiger partial charge is 0.416 e. The third-order valence-corrected chi connectivity index (χ3v) is 4.08. The van der Waals surface area contributed by atoms with E-state index in [-0.39, 0.29) is 6.61 Å². The molecule has 0 aliphatic carbocycles. The van der Waals surface area contributed by atoms with E-state index in [1.54, 1.807) is 13.8 Å². The van der Waals surface area contributed by atoms with Gasteiger partial charge in [-0.1, -0.05) is 12.1 Å². The number of aryl methyl sites for hydroxylation is 1. The average Bonchev–Trinajstić information content (AvgIpc) is 2.79.